The van der Waals surface area contributed by atoms with Crippen molar-refractivity contribution in [2.75, 3.05) is 0 Å². The van der Waals surface area contributed by atoms with Gasteiger partial charge >= 0.3 is 5.97 Å². The van der Waals surface area contributed by atoms with Crippen LogP contribution in [0.3, 0.4) is 0 Å². The molecule has 1 aromatic carbocycles. The smallest absolute Gasteiger partial charge is 0.335 e. The molecule has 5 nitrogen and oxygen atoms in total. The molecule has 0 spiro atoms. The van der Waals surface area contributed by atoms with Crippen molar-refractivity contribution in [2.45, 2.75) is 45.8 Å². The molecule has 1 atom stereocenters. The highest BCUT2D eigenvalue weighted by molar-refractivity contribution is 5.82. The van der Waals surface area contributed by atoms with Gasteiger partial charge in [0.05, 0.1) is 11.7 Å². The van der Waals surface area contributed by atoms with Gasteiger partial charge < -0.3 is 9.84 Å². The van der Waals surface area contributed by atoms with Crippen molar-refractivity contribution in [3.63, 3.8) is 0 Å². The molecule has 0 unspecified atom stereocenters. The molecule has 20 heavy (non-hydrogen) atoms. The molecule has 0 aliphatic rings. The van der Waals surface area contributed by atoms with E-state index in [-0.39, 0.29) is 6.42 Å². The number of benzene rings is 1. The zero-order valence-corrected chi connectivity index (χ0v) is 12.2. The number of fused-ring (bicyclic) bond motifs is 1. The van der Waals surface area contributed by atoms with Crippen LogP contribution in [0.25, 0.3) is 10.9 Å². The maximum absolute atomic E-state index is 11.8. The molecule has 2 N–H and O–H groups in total. The summed E-state index contributed by atoms with van der Waals surface area (Å²) in [6, 6.07) is 3.85. The summed E-state index contributed by atoms with van der Waals surface area (Å²) in [5, 5.41) is 17.8. The maximum atomic E-state index is 11.8. The molecule has 2 rings (SSSR count). The first-order valence-corrected chi connectivity index (χ1v) is 6.60. The summed E-state index contributed by atoms with van der Waals surface area (Å²) >= 11 is 0. The number of hydrogen-bond acceptors (Lipinski definition) is 4. The average molecular weight is 276 g/mol. The van der Waals surface area contributed by atoms with E-state index in [0.29, 0.717) is 0 Å². The number of aliphatic hydroxyl groups is 1. The highest BCUT2D eigenvalue weighted by Crippen LogP contribution is 2.19. The van der Waals surface area contributed by atoms with Gasteiger partial charge in [0.25, 0.3) is 0 Å². The number of aliphatic hydroxyl groups excluding tert-OH is 1. The first-order valence-electron chi connectivity index (χ1n) is 6.60. The van der Waals surface area contributed by atoms with Gasteiger partial charge in [-0.15, -0.1) is 0 Å². The van der Waals surface area contributed by atoms with E-state index >= 15 is 0 Å². The molecule has 0 saturated heterocycles. The van der Waals surface area contributed by atoms with Gasteiger partial charge in [-0.2, -0.15) is 5.10 Å². The van der Waals surface area contributed by atoms with E-state index in [0.717, 1.165) is 22.0 Å². The van der Waals surface area contributed by atoms with Crippen LogP contribution in [-0.4, -0.2) is 33.0 Å². The van der Waals surface area contributed by atoms with E-state index in [1.54, 1.807) is 27.0 Å². The predicted octanol–water partition coefficient (Wildman–Crippen LogP) is 2.12. The number of nitrogens with one attached hydrogen (secondary N) is 1. The van der Waals surface area contributed by atoms with E-state index in [1.165, 1.54) is 0 Å². The molecule has 0 amide bonds. The van der Waals surface area contributed by atoms with Crippen LogP contribution >= 0.6 is 0 Å². The number of aromatic nitrogens is 2. The Bertz CT molecular complexity index is 626. The fourth-order valence-corrected chi connectivity index (χ4v) is 2.11. The van der Waals surface area contributed by atoms with Crippen molar-refractivity contribution < 1.29 is 14.6 Å². The molecule has 0 aliphatic heterocycles. The zero-order valence-electron chi connectivity index (χ0n) is 12.2. The highest BCUT2D eigenvalue weighted by atomic mass is 16.6. The summed E-state index contributed by atoms with van der Waals surface area (Å²) in [7, 11) is 0. The number of hydrogen-bond donors (Lipinski definition) is 2. The molecule has 108 valence electrons. The van der Waals surface area contributed by atoms with Gasteiger partial charge in [-0.05, 0) is 44.9 Å². The molecule has 0 saturated carbocycles. The van der Waals surface area contributed by atoms with E-state index in [4.69, 9.17) is 4.74 Å². The Kier molecular flexibility index (Phi) is 3.81. The van der Waals surface area contributed by atoms with Crippen molar-refractivity contribution in [3.8, 4) is 0 Å². The van der Waals surface area contributed by atoms with Gasteiger partial charge in [0.2, 0.25) is 0 Å². The summed E-state index contributed by atoms with van der Waals surface area (Å²) in [6.07, 6.45) is 0.806. The molecular weight excluding hydrogens is 256 g/mol. The molecule has 0 fully saturated rings. The van der Waals surface area contributed by atoms with Crippen molar-refractivity contribution >= 4 is 16.9 Å². The highest BCUT2D eigenvalue weighted by Gasteiger charge is 2.23. The summed E-state index contributed by atoms with van der Waals surface area (Å²) < 4.78 is 5.17. The Morgan fingerprint density at radius 1 is 1.45 bits per heavy atom. The quantitative estimate of drug-likeness (QED) is 0.842. The molecule has 1 aromatic heterocycles. The van der Waals surface area contributed by atoms with Crippen LogP contribution in [0.2, 0.25) is 0 Å². The van der Waals surface area contributed by atoms with Crippen molar-refractivity contribution in [1.82, 2.24) is 10.2 Å². The lowest BCUT2D eigenvalue weighted by molar-refractivity contribution is -0.164. The third-order valence-corrected chi connectivity index (χ3v) is 2.91. The molecule has 0 aliphatic carbocycles. The summed E-state index contributed by atoms with van der Waals surface area (Å²) in [4.78, 5) is 11.8. The Morgan fingerprint density at radius 2 is 2.15 bits per heavy atom. The number of esters is 1. The Morgan fingerprint density at radius 3 is 2.80 bits per heavy atom. The minimum atomic E-state index is -1.15. The Balaban J connectivity index is 2.13. The Labute approximate surface area is 117 Å². The van der Waals surface area contributed by atoms with E-state index in [1.807, 2.05) is 19.1 Å². The summed E-state index contributed by atoms with van der Waals surface area (Å²) in [6.45, 7) is 7.29. The third kappa shape index (κ3) is 3.36. The van der Waals surface area contributed by atoms with Gasteiger partial charge in [-0.1, -0.05) is 6.07 Å². The fraction of sp³-hybridized carbons (Fsp3) is 0.467. The second kappa shape index (κ2) is 5.25. The number of aromatic amines is 1. The van der Waals surface area contributed by atoms with Gasteiger partial charge in [-0.3, -0.25) is 5.10 Å². The number of H-pyrrole nitrogens is 1. The summed E-state index contributed by atoms with van der Waals surface area (Å²) in [5.74, 6) is -0.595. The summed E-state index contributed by atoms with van der Waals surface area (Å²) in [5.41, 5.74) is 2.30. The number of rotatable bonds is 3. The van der Waals surface area contributed by atoms with E-state index in [9.17, 15) is 9.90 Å². The normalized spacial score (nSPS) is 13.4. The molecule has 5 heteroatoms. The largest absolute Gasteiger partial charge is 0.458 e. The van der Waals surface area contributed by atoms with Crippen LogP contribution in [0.4, 0.5) is 0 Å². The molecule has 0 bridgehead atoms. The lowest BCUT2D eigenvalue weighted by Gasteiger charge is -2.21. The molecule has 1 heterocycles. The number of nitrogens with zero attached hydrogens (tertiary/aromatic N) is 1. The van der Waals surface area contributed by atoms with Crippen molar-refractivity contribution in [2.24, 2.45) is 0 Å². The number of carbonyl (C=O) groups is 1. The number of ether oxygens (including phenoxy) is 1. The standard InChI is InChI=1S/C15H20N2O3/c1-9-5-10(6-11-8-16-17-13(9)11)7-12(18)14(19)20-15(2,3)4/h5-6,8,12,18H,7H2,1-4H3,(H,16,17)/t12-/m0/s1. The van der Waals surface area contributed by atoms with Crippen LogP contribution in [0.1, 0.15) is 31.9 Å². The molecule has 0 radical (unpaired) electrons. The van der Waals surface area contributed by atoms with Gasteiger partial charge in [-0.25, -0.2) is 4.79 Å². The van der Waals surface area contributed by atoms with Gasteiger partial charge in [0, 0.05) is 11.8 Å². The topological polar surface area (TPSA) is 75.2 Å². The number of carbonyl (C=O) groups excluding carboxylic acids is 1. The second-order valence-corrected chi connectivity index (χ2v) is 6.00. The number of aryl methyl sites for hydroxylation is 1. The van der Waals surface area contributed by atoms with Crippen LogP contribution in [0.15, 0.2) is 18.3 Å². The van der Waals surface area contributed by atoms with Crippen molar-refractivity contribution in [3.05, 3.63) is 29.5 Å². The fourth-order valence-electron chi connectivity index (χ4n) is 2.11. The molecular formula is C15H20N2O3. The lowest BCUT2D eigenvalue weighted by atomic mass is 10.0. The lowest BCUT2D eigenvalue weighted by Crippen LogP contribution is -2.32. The van der Waals surface area contributed by atoms with Crippen LogP contribution < -0.4 is 0 Å². The Hall–Kier alpha value is -1.88. The van der Waals surface area contributed by atoms with E-state index < -0.39 is 17.7 Å². The van der Waals surface area contributed by atoms with Crippen LogP contribution in [-0.2, 0) is 16.0 Å². The maximum Gasteiger partial charge on any atom is 0.335 e. The van der Waals surface area contributed by atoms with E-state index in [2.05, 4.69) is 10.2 Å². The minimum Gasteiger partial charge on any atom is -0.458 e. The monoisotopic (exact) mass is 276 g/mol. The minimum absolute atomic E-state index is 0.233. The average Bonchev–Trinajstić information content (AvgIpc) is 2.75. The SMILES string of the molecule is Cc1cc(C[C@H](O)C(=O)OC(C)(C)C)cc2cn[nH]c12. The van der Waals surface area contributed by atoms with Crippen LogP contribution in [0.5, 0.6) is 0 Å². The zero-order chi connectivity index (χ0) is 14.9. The predicted molar refractivity (Wildman–Crippen MR) is 76.4 cm³/mol. The molecule has 2 aromatic rings. The second-order valence-electron chi connectivity index (χ2n) is 6.00. The van der Waals surface area contributed by atoms with Gasteiger partial charge in [0.1, 0.15) is 5.60 Å². The first-order chi connectivity index (χ1) is 9.26. The third-order valence-electron chi connectivity index (χ3n) is 2.91. The van der Waals surface area contributed by atoms with Gasteiger partial charge in [0.15, 0.2) is 6.10 Å². The van der Waals surface area contributed by atoms with Crippen LogP contribution in [0, 0.1) is 6.92 Å². The van der Waals surface area contributed by atoms with Crippen molar-refractivity contribution in [1.29, 1.82) is 0 Å². The first kappa shape index (κ1) is 14.5.